The molecule has 2 aromatic rings. The van der Waals surface area contributed by atoms with Gasteiger partial charge in [-0.25, -0.2) is 0 Å². The maximum Gasteiger partial charge on any atom is 0.118 e. The van der Waals surface area contributed by atoms with Crippen molar-refractivity contribution in [3.05, 3.63) is 64.7 Å². The first kappa shape index (κ1) is 14.6. The molecular weight excluding hydrogens is 270 g/mol. The Bertz CT molecular complexity index is 578. The van der Waals surface area contributed by atoms with Gasteiger partial charge in [-0.2, -0.15) is 0 Å². The van der Waals surface area contributed by atoms with Gasteiger partial charge in [0.2, 0.25) is 0 Å². The lowest BCUT2D eigenvalue weighted by atomic mass is 10.1. The lowest BCUT2D eigenvalue weighted by molar-refractivity contribution is 0.414. The highest BCUT2D eigenvalue weighted by Crippen LogP contribution is 2.15. The first-order chi connectivity index (χ1) is 9.69. The molecule has 0 amide bonds. The van der Waals surface area contributed by atoms with Gasteiger partial charge in [0.1, 0.15) is 5.75 Å². The van der Waals surface area contributed by atoms with Crippen LogP contribution < -0.4 is 4.74 Å². The molecule has 20 heavy (non-hydrogen) atoms. The molecule has 0 saturated heterocycles. The van der Waals surface area contributed by atoms with Gasteiger partial charge in [-0.1, -0.05) is 41.9 Å². The number of benzene rings is 2. The van der Waals surface area contributed by atoms with Crippen LogP contribution in [0.4, 0.5) is 0 Å². The summed E-state index contributed by atoms with van der Waals surface area (Å²) < 4.78 is 5.15. The zero-order valence-corrected chi connectivity index (χ0v) is 12.5. The van der Waals surface area contributed by atoms with Gasteiger partial charge in [0, 0.05) is 16.8 Å². The molecule has 0 aliphatic heterocycles. The highest BCUT2D eigenvalue weighted by molar-refractivity contribution is 6.33. The average Bonchev–Trinajstić information content (AvgIpc) is 2.47. The molecule has 2 aromatic carbocycles. The Kier molecular flexibility index (Phi) is 5.19. The Labute approximate surface area is 125 Å². The second-order valence-electron chi connectivity index (χ2n) is 4.70. The van der Waals surface area contributed by atoms with Crippen LogP contribution in [0.5, 0.6) is 5.75 Å². The minimum Gasteiger partial charge on any atom is -0.497 e. The molecule has 104 valence electrons. The molecule has 3 heteroatoms. The van der Waals surface area contributed by atoms with E-state index in [1.165, 1.54) is 5.56 Å². The molecule has 0 aliphatic rings. The quantitative estimate of drug-likeness (QED) is 0.747. The van der Waals surface area contributed by atoms with Gasteiger partial charge >= 0.3 is 0 Å². The Morgan fingerprint density at radius 2 is 1.85 bits per heavy atom. The Hall–Kier alpha value is -1.80. The van der Waals surface area contributed by atoms with E-state index in [1.807, 2.05) is 42.6 Å². The van der Waals surface area contributed by atoms with Gasteiger partial charge in [-0.3, -0.25) is 4.99 Å². The van der Waals surface area contributed by atoms with E-state index < -0.39 is 0 Å². The van der Waals surface area contributed by atoms with Crippen molar-refractivity contribution in [3.8, 4) is 5.75 Å². The predicted octanol–water partition coefficient (Wildman–Crippen LogP) is 4.40. The number of rotatable bonds is 5. The van der Waals surface area contributed by atoms with Crippen molar-refractivity contribution in [1.29, 1.82) is 0 Å². The third-order valence-electron chi connectivity index (χ3n) is 3.06. The zero-order valence-electron chi connectivity index (χ0n) is 11.7. The van der Waals surface area contributed by atoms with Crippen molar-refractivity contribution in [2.24, 2.45) is 4.99 Å². The molecule has 2 rings (SSSR count). The predicted molar refractivity (Wildman–Crippen MR) is 85.2 cm³/mol. The molecule has 0 aromatic heterocycles. The molecule has 0 saturated carbocycles. The average molecular weight is 288 g/mol. The normalized spacial score (nSPS) is 12.6. The van der Waals surface area contributed by atoms with Crippen molar-refractivity contribution in [1.82, 2.24) is 0 Å². The van der Waals surface area contributed by atoms with Crippen LogP contribution >= 0.6 is 11.6 Å². The van der Waals surface area contributed by atoms with E-state index in [0.29, 0.717) is 0 Å². The van der Waals surface area contributed by atoms with Crippen molar-refractivity contribution in [2.75, 3.05) is 7.11 Å². The summed E-state index contributed by atoms with van der Waals surface area (Å²) in [5.74, 6) is 0.876. The van der Waals surface area contributed by atoms with E-state index in [2.05, 4.69) is 24.0 Å². The van der Waals surface area contributed by atoms with Crippen LogP contribution in [0.2, 0.25) is 5.02 Å². The van der Waals surface area contributed by atoms with Gasteiger partial charge in [0.15, 0.2) is 0 Å². The maximum atomic E-state index is 6.10. The van der Waals surface area contributed by atoms with Crippen LogP contribution in [0.15, 0.2) is 53.5 Å². The summed E-state index contributed by atoms with van der Waals surface area (Å²) >= 11 is 6.10. The third-order valence-corrected chi connectivity index (χ3v) is 3.41. The number of halogens is 1. The van der Waals surface area contributed by atoms with Crippen molar-refractivity contribution >= 4 is 17.8 Å². The Balaban J connectivity index is 1.98. The smallest absolute Gasteiger partial charge is 0.118 e. The summed E-state index contributed by atoms with van der Waals surface area (Å²) in [5.41, 5.74) is 2.20. The summed E-state index contributed by atoms with van der Waals surface area (Å²) in [6.45, 7) is 2.09. The zero-order chi connectivity index (χ0) is 14.4. The fourth-order valence-electron chi connectivity index (χ4n) is 1.94. The molecule has 0 radical (unpaired) electrons. The lowest BCUT2D eigenvalue weighted by Crippen LogP contribution is -2.03. The van der Waals surface area contributed by atoms with E-state index in [4.69, 9.17) is 16.3 Å². The van der Waals surface area contributed by atoms with Gasteiger partial charge < -0.3 is 4.74 Å². The number of hydrogen-bond acceptors (Lipinski definition) is 2. The molecule has 0 heterocycles. The van der Waals surface area contributed by atoms with E-state index in [0.717, 1.165) is 22.8 Å². The van der Waals surface area contributed by atoms with Crippen molar-refractivity contribution in [3.63, 3.8) is 0 Å². The first-order valence-electron chi connectivity index (χ1n) is 6.59. The van der Waals surface area contributed by atoms with E-state index in [1.54, 1.807) is 7.11 Å². The number of nitrogens with zero attached hydrogens (tertiary/aromatic N) is 1. The largest absolute Gasteiger partial charge is 0.497 e. The van der Waals surface area contributed by atoms with Crippen molar-refractivity contribution < 1.29 is 4.74 Å². The number of hydrogen-bond donors (Lipinski definition) is 0. The SMILES string of the molecule is COc1ccc(C[C@H](C)N=Cc2ccccc2Cl)cc1. The summed E-state index contributed by atoms with van der Waals surface area (Å²) in [4.78, 5) is 4.55. The van der Waals surface area contributed by atoms with Gasteiger partial charge in [0.25, 0.3) is 0 Å². The summed E-state index contributed by atoms with van der Waals surface area (Å²) in [6.07, 6.45) is 2.74. The molecule has 1 atom stereocenters. The van der Waals surface area contributed by atoms with Crippen LogP contribution in [-0.4, -0.2) is 19.4 Å². The van der Waals surface area contributed by atoms with Gasteiger partial charge in [-0.05, 0) is 37.1 Å². The summed E-state index contributed by atoms with van der Waals surface area (Å²) in [5, 5.41) is 0.730. The molecule has 0 unspecified atom stereocenters. The number of aliphatic imine (C=N–C) groups is 1. The minimum absolute atomic E-state index is 0.208. The molecule has 0 N–H and O–H groups in total. The highest BCUT2D eigenvalue weighted by atomic mass is 35.5. The maximum absolute atomic E-state index is 6.10. The monoisotopic (exact) mass is 287 g/mol. The first-order valence-corrected chi connectivity index (χ1v) is 6.97. The Morgan fingerprint density at radius 3 is 2.50 bits per heavy atom. The van der Waals surface area contributed by atoms with Crippen LogP contribution in [0.3, 0.4) is 0 Å². The second-order valence-corrected chi connectivity index (χ2v) is 5.11. The molecule has 0 aliphatic carbocycles. The molecular formula is C17H18ClNO. The number of ether oxygens (including phenoxy) is 1. The van der Waals surface area contributed by atoms with Gasteiger partial charge in [0.05, 0.1) is 13.2 Å². The standard InChI is InChI=1S/C17H18ClNO/c1-13(11-14-7-9-16(20-2)10-8-14)19-12-15-5-3-4-6-17(15)18/h3-10,12-13H,11H2,1-2H3/t13-/m0/s1. The number of methoxy groups -OCH3 is 1. The van der Waals surface area contributed by atoms with E-state index in [-0.39, 0.29) is 6.04 Å². The highest BCUT2D eigenvalue weighted by Gasteiger charge is 2.02. The molecule has 0 spiro atoms. The molecule has 2 nitrogen and oxygen atoms in total. The summed E-state index contributed by atoms with van der Waals surface area (Å²) in [6, 6.07) is 16.0. The molecule has 0 bridgehead atoms. The van der Waals surface area contributed by atoms with Crippen LogP contribution in [0, 0.1) is 0 Å². The third kappa shape index (κ3) is 4.10. The van der Waals surface area contributed by atoms with E-state index >= 15 is 0 Å². The fourth-order valence-corrected chi connectivity index (χ4v) is 2.13. The topological polar surface area (TPSA) is 21.6 Å². The minimum atomic E-state index is 0.208. The van der Waals surface area contributed by atoms with Crippen molar-refractivity contribution in [2.45, 2.75) is 19.4 Å². The van der Waals surface area contributed by atoms with Gasteiger partial charge in [-0.15, -0.1) is 0 Å². The van der Waals surface area contributed by atoms with Crippen LogP contribution in [0.25, 0.3) is 0 Å². The van der Waals surface area contributed by atoms with Crippen LogP contribution in [-0.2, 0) is 6.42 Å². The van der Waals surface area contributed by atoms with Crippen LogP contribution in [0.1, 0.15) is 18.1 Å². The summed E-state index contributed by atoms with van der Waals surface area (Å²) in [7, 11) is 1.67. The second kappa shape index (κ2) is 7.11. The fraction of sp³-hybridized carbons (Fsp3) is 0.235. The van der Waals surface area contributed by atoms with E-state index in [9.17, 15) is 0 Å². The molecule has 0 fully saturated rings. The lowest BCUT2D eigenvalue weighted by Gasteiger charge is -2.07. The Morgan fingerprint density at radius 1 is 1.15 bits per heavy atom.